The zero-order chi connectivity index (χ0) is 8.69. The Labute approximate surface area is 76.9 Å². The summed E-state index contributed by atoms with van der Waals surface area (Å²) in [7, 11) is 0. The van der Waals surface area contributed by atoms with Crippen molar-refractivity contribution in [3.63, 3.8) is 0 Å². The highest BCUT2D eigenvalue weighted by Crippen LogP contribution is 2.17. The summed E-state index contributed by atoms with van der Waals surface area (Å²) in [6.45, 7) is 6.07. The molecule has 1 nitrogen and oxygen atoms in total. The minimum absolute atomic E-state index is 0.141. The van der Waals surface area contributed by atoms with Crippen LogP contribution < -0.4 is 0 Å². The lowest BCUT2D eigenvalue weighted by Crippen LogP contribution is -1.91. The van der Waals surface area contributed by atoms with Crippen molar-refractivity contribution in [2.24, 2.45) is 5.92 Å². The Hall–Kier alpha value is -0.0800. The highest BCUT2D eigenvalue weighted by Gasteiger charge is 1.99. The van der Waals surface area contributed by atoms with Crippen LogP contribution in [0.3, 0.4) is 0 Å². The van der Waals surface area contributed by atoms with Crippen LogP contribution in [-0.4, -0.2) is 11.7 Å². The largest absolute Gasteiger partial charge is 0.392 e. The van der Waals surface area contributed by atoms with Crippen LogP contribution in [0.2, 0.25) is 0 Å². The molecule has 0 unspecified atom stereocenters. The molecule has 0 saturated heterocycles. The maximum atomic E-state index is 8.45. The second-order valence-corrected chi connectivity index (χ2v) is 3.84. The molecule has 0 saturated carbocycles. The molecule has 0 aromatic heterocycles. The van der Waals surface area contributed by atoms with E-state index < -0.39 is 0 Å². The fraction of sp³-hybridized carbons (Fsp3) is 0.556. The Bertz CT molecular complexity index is 140. The minimum atomic E-state index is 0.141. The van der Waals surface area contributed by atoms with Gasteiger partial charge in [0.2, 0.25) is 0 Å². The first-order chi connectivity index (χ1) is 5.16. The van der Waals surface area contributed by atoms with Gasteiger partial charge < -0.3 is 5.11 Å². The average Bonchev–Trinajstić information content (AvgIpc) is 1.86. The lowest BCUT2D eigenvalue weighted by molar-refractivity contribution is 0.342. The molecule has 0 aliphatic heterocycles. The molecule has 1 N–H and O–H groups in total. The predicted octanol–water partition coefficient (Wildman–Crippen LogP) is 2.86. The van der Waals surface area contributed by atoms with Gasteiger partial charge in [-0.25, -0.2) is 0 Å². The molecule has 0 rings (SSSR count). The van der Waals surface area contributed by atoms with Crippen LogP contribution in [0.4, 0.5) is 0 Å². The van der Waals surface area contributed by atoms with Crippen molar-refractivity contribution in [1.29, 1.82) is 0 Å². The van der Waals surface area contributed by atoms with Crippen LogP contribution in [0, 0.1) is 5.92 Å². The van der Waals surface area contributed by atoms with Crippen molar-refractivity contribution in [2.45, 2.75) is 19.8 Å². The summed E-state index contributed by atoms with van der Waals surface area (Å²) >= 11 is 3.32. The Morgan fingerprint density at radius 2 is 2.27 bits per heavy atom. The molecule has 0 aliphatic rings. The van der Waals surface area contributed by atoms with Gasteiger partial charge in [0.25, 0.3) is 0 Å². The van der Waals surface area contributed by atoms with Crippen LogP contribution in [0.15, 0.2) is 23.2 Å². The number of rotatable bonds is 5. The third-order valence-corrected chi connectivity index (χ3v) is 1.70. The number of hydrogen-bond acceptors (Lipinski definition) is 1. The monoisotopic (exact) mass is 218 g/mol. The zero-order valence-corrected chi connectivity index (χ0v) is 8.47. The zero-order valence-electron chi connectivity index (χ0n) is 6.89. The van der Waals surface area contributed by atoms with Crippen LogP contribution in [-0.2, 0) is 0 Å². The Balaban J connectivity index is 3.44. The van der Waals surface area contributed by atoms with Crippen molar-refractivity contribution in [1.82, 2.24) is 0 Å². The normalized spacial score (nSPS) is 13.7. The minimum Gasteiger partial charge on any atom is -0.392 e. The van der Waals surface area contributed by atoms with E-state index in [0.29, 0.717) is 5.92 Å². The molecule has 1 atom stereocenters. The first kappa shape index (κ1) is 10.9. The van der Waals surface area contributed by atoms with Gasteiger partial charge in [-0.3, -0.25) is 0 Å². The molecule has 0 amide bonds. The van der Waals surface area contributed by atoms with Crippen molar-refractivity contribution < 1.29 is 5.11 Å². The topological polar surface area (TPSA) is 20.2 Å². The Morgan fingerprint density at radius 1 is 1.64 bits per heavy atom. The maximum absolute atomic E-state index is 8.45. The van der Waals surface area contributed by atoms with Crippen molar-refractivity contribution in [2.75, 3.05) is 6.61 Å². The van der Waals surface area contributed by atoms with E-state index in [2.05, 4.69) is 29.4 Å². The van der Waals surface area contributed by atoms with Crippen LogP contribution in [0.1, 0.15) is 19.8 Å². The van der Waals surface area contributed by atoms with Gasteiger partial charge in [-0.15, -0.1) is 0 Å². The molecule has 0 aromatic carbocycles. The van der Waals surface area contributed by atoms with Gasteiger partial charge in [0.15, 0.2) is 0 Å². The highest BCUT2D eigenvalue weighted by atomic mass is 79.9. The molecule has 0 spiro atoms. The third kappa shape index (κ3) is 7.82. The summed E-state index contributed by atoms with van der Waals surface area (Å²) in [5.41, 5.74) is 0. The fourth-order valence-electron chi connectivity index (χ4n) is 0.865. The molecule has 64 valence electrons. The van der Waals surface area contributed by atoms with Crippen LogP contribution in [0.25, 0.3) is 0 Å². The van der Waals surface area contributed by atoms with E-state index in [0.717, 1.165) is 17.3 Å². The van der Waals surface area contributed by atoms with Crippen molar-refractivity contribution in [3.8, 4) is 0 Å². The summed E-state index contributed by atoms with van der Waals surface area (Å²) < 4.78 is 1.04. The fourth-order valence-corrected chi connectivity index (χ4v) is 1.42. The average molecular weight is 219 g/mol. The number of aliphatic hydroxyl groups excluding tert-OH is 1. The summed E-state index contributed by atoms with van der Waals surface area (Å²) in [5.74, 6) is 0.602. The van der Waals surface area contributed by atoms with E-state index in [-0.39, 0.29) is 6.61 Å². The number of halogens is 1. The third-order valence-electron chi connectivity index (χ3n) is 1.38. The smallest absolute Gasteiger partial charge is 0.0612 e. The second kappa shape index (κ2) is 6.62. The van der Waals surface area contributed by atoms with E-state index in [1.807, 2.05) is 6.08 Å². The van der Waals surface area contributed by atoms with Gasteiger partial charge in [-0.1, -0.05) is 41.6 Å². The molecule has 0 bridgehead atoms. The maximum Gasteiger partial charge on any atom is 0.0612 e. The van der Waals surface area contributed by atoms with Crippen molar-refractivity contribution in [3.05, 3.63) is 23.2 Å². The van der Waals surface area contributed by atoms with E-state index >= 15 is 0 Å². The predicted molar refractivity (Wildman–Crippen MR) is 52.7 cm³/mol. The molecular formula is C9H15BrO. The Kier molecular flexibility index (Phi) is 6.57. The summed E-state index contributed by atoms with van der Waals surface area (Å²) in [6, 6.07) is 0. The van der Waals surface area contributed by atoms with Gasteiger partial charge in [0, 0.05) is 0 Å². The van der Waals surface area contributed by atoms with E-state index in [1.165, 1.54) is 0 Å². The van der Waals surface area contributed by atoms with Crippen LogP contribution in [0.5, 0.6) is 0 Å². The van der Waals surface area contributed by atoms with Crippen LogP contribution >= 0.6 is 15.9 Å². The summed E-state index contributed by atoms with van der Waals surface area (Å²) in [5, 5.41) is 8.45. The Morgan fingerprint density at radius 3 is 2.73 bits per heavy atom. The summed E-state index contributed by atoms with van der Waals surface area (Å²) in [4.78, 5) is 0. The molecule has 0 radical (unpaired) electrons. The molecule has 0 aromatic rings. The highest BCUT2D eigenvalue weighted by molar-refractivity contribution is 9.11. The van der Waals surface area contributed by atoms with Gasteiger partial charge in [0.05, 0.1) is 6.61 Å². The number of allylic oxidation sites excluding steroid dienone is 2. The van der Waals surface area contributed by atoms with Crippen molar-refractivity contribution >= 4 is 15.9 Å². The first-order valence-corrected chi connectivity index (χ1v) is 4.55. The summed E-state index contributed by atoms with van der Waals surface area (Å²) in [6.07, 6.45) is 5.77. The van der Waals surface area contributed by atoms with E-state index in [9.17, 15) is 0 Å². The molecule has 0 aliphatic carbocycles. The SMILES string of the molecule is C=C(Br)C[C@@H](C)C/C=C/CO. The van der Waals surface area contributed by atoms with Gasteiger partial charge in [-0.05, 0) is 23.2 Å². The number of aliphatic hydroxyl groups is 1. The molecule has 11 heavy (non-hydrogen) atoms. The first-order valence-electron chi connectivity index (χ1n) is 3.76. The van der Waals surface area contributed by atoms with E-state index in [1.54, 1.807) is 6.08 Å². The standard InChI is InChI=1S/C9H15BrO/c1-8(7-9(2)10)5-3-4-6-11/h3-4,8,11H,2,5-7H2,1H3/b4-3+/t8-/m0/s1. The van der Waals surface area contributed by atoms with Gasteiger partial charge >= 0.3 is 0 Å². The van der Waals surface area contributed by atoms with Gasteiger partial charge in [0.1, 0.15) is 0 Å². The number of hydrogen-bond donors (Lipinski definition) is 1. The molecular weight excluding hydrogens is 204 g/mol. The molecule has 2 heteroatoms. The molecule has 0 heterocycles. The van der Waals surface area contributed by atoms with E-state index in [4.69, 9.17) is 5.11 Å². The lowest BCUT2D eigenvalue weighted by Gasteiger charge is -2.05. The quantitative estimate of drug-likeness (QED) is 0.705. The van der Waals surface area contributed by atoms with Gasteiger partial charge in [-0.2, -0.15) is 0 Å². The molecule has 0 fully saturated rings. The second-order valence-electron chi connectivity index (χ2n) is 2.72. The lowest BCUT2D eigenvalue weighted by atomic mass is 10.0.